The molecule has 2 atom stereocenters. The molecule has 2 nitrogen and oxygen atoms in total. The first-order valence-electron chi connectivity index (χ1n) is 6.27. The van der Waals surface area contributed by atoms with E-state index in [4.69, 9.17) is 0 Å². The molecule has 0 heterocycles. The van der Waals surface area contributed by atoms with Gasteiger partial charge in [0.2, 0.25) is 5.91 Å². The highest BCUT2D eigenvalue weighted by Gasteiger charge is 2.43. The zero-order valence-corrected chi connectivity index (χ0v) is 10.9. The number of amides is 1. The van der Waals surface area contributed by atoms with E-state index in [2.05, 4.69) is 32.6 Å². The molecule has 1 rings (SSSR count). The molecule has 1 aliphatic rings. The number of hydrogen-bond acceptors (Lipinski definition) is 1. The quantitative estimate of drug-likeness (QED) is 0.668. The summed E-state index contributed by atoms with van der Waals surface area (Å²) in [4.78, 5) is 13.8. The monoisotopic (exact) mass is 221 g/mol. The molecule has 0 N–H and O–H groups in total. The van der Waals surface area contributed by atoms with Gasteiger partial charge in [-0.25, -0.2) is 0 Å². The highest BCUT2D eigenvalue weighted by molar-refractivity contribution is 5.81. The van der Waals surface area contributed by atoms with Gasteiger partial charge < -0.3 is 4.90 Å². The molecule has 0 radical (unpaired) electrons. The molecule has 0 bridgehead atoms. The molecular weight excluding hydrogens is 198 g/mol. The maximum absolute atomic E-state index is 12.0. The Hall–Kier alpha value is -0.970. The van der Waals surface area contributed by atoms with Crippen molar-refractivity contribution in [2.75, 3.05) is 13.6 Å². The maximum atomic E-state index is 12.0. The number of nitrogens with zero attached hydrogens (tertiary/aromatic N) is 1. The lowest BCUT2D eigenvalue weighted by Gasteiger charge is -2.19. The summed E-state index contributed by atoms with van der Waals surface area (Å²) in [6, 6.07) is 0. The fourth-order valence-corrected chi connectivity index (χ4v) is 2.02. The molecule has 90 valence electrons. The molecular formula is C14H23NO. The minimum atomic E-state index is 0.259. The lowest BCUT2D eigenvalue weighted by Crippen LogP contribution is -2.31. The maximum Gasteiger partial charge on any atom is 0.225 e. The first kappa shape index (κ1) is 13.1. The van der Waals surface area contributed by atoms with E-state index in [1.807, 2.05) is 11.9 Å². The van der Waals surface area contributed by atoms with E-state index < -0.39 is 0 Å². The lowest BCUT2D eigenvalue weighted by atomic mass is 10.2. The van der Waals surface area contributed by atoms with Gasteiger partial charge in [0.25, 0.3) is 0 Å². The molecule has 0 saturated heterocycles. The Morgan fingerprint density at radius 2 is 2.12 bits per heavy atom. The molecule has 0 aromatic carbocycles. The second-order valence-corrected chi connectivity index (χ2v) is 5.13. The molecule has 0 aromatic rings. The minimum Gasteiger partial charge on any atom is -0.345 e. The smallest absolute Gasteiger partial charge is 0.225 e. The van der Waals surface area contributed by atoms with Crippen molar-refractivity contribution in [2.45, 2.75) is 40.0 Å². The van der Waals surface area contributed by atoms with Crippen molar-refractivity contribution >= 4 is 5.91 Å². The van der Waals surface area contributed by atoms with Crippen LogP contribution in [0.25, 0.3) is 0 Å². The Labute approximate surface area is 99.4 Å². The second kappa shape index (κ2) is 5.94. The summed E-state index contributed by atoms with van der Waals surface area (Å²) in [5.41, 5.74) is 0. The number of carbonyl (C=O) groups excluding carboxylic acids is 1. The van der Waals surface area contributed by atoms with Gasteiger partial charge >= 0.3 is 0 Å². The lowest BCUT2D eigenvalue weighted by molar-refractivity contribution is -0.132. The summed E-state index contributed by atoms with van der Waals surface area (Å²) in [7, 11) is 1.91. The van der Waals surface area contributed by atoms with Crippen LogP contribution in [0.4, 0.5) is 0 Å². The number of hydrogen-bond donors (Lipinski definition) is 0. The fraction of sp³-hybridized carbons (Fsp3) is 0.786. The van der Waals surface area contributed by atoms with Crippen molar-refractivity contribution in [3.05, 3.63) is 0 Å². The summed E-state index contributed by atoms with van der Waals surface area (Å²) in [6.45, 7) is 7.20. The van der Waals surface area contributed by atoms with Crippen LogP contribution in [0.5, 0.6) is 0 Å². The van der Waals surface area contributed by atoms with Crippen LogP contribution >= 0.6 is 0 Å². The number of carbonyl (C=O) groups is 1. The van der Waals surface area contributed by atoms with Crippen molar-refractivity contribution < 1.29 is 4.79 Å². The molecule has 1 fully saturated rings. The molecule has 1 saturated carbocycles. The van der Waals surface area contributed by atoms with Crippen molar-refractivity contribution in [3.8, 4) is 11.8 Å². The Kier molecular flexibility index (Phi) is 4.86. The highest BCUT2D eigenvalue weighted by atomic mass is 16.2. The third-order valence-corrected chi connectivity index (χ3v) is 2.92. The summed E-state index contributed by atoms with van der Waals surface area (Å²) < 4.78 is 0. The summed E-state index contributed by atoms with van der Waals surface area (Å²) >= 11 is 0. The van der Waals surface area contributed by atoms with Crippen molar-refractivity contribution in [3.63, 3.8) is 0 Å². The largest absolute Gasteiger partial charge is 0.345 e. The molecule has 0 aromatic heterocycles. The van der Waals surface area contributed by atoms with Crippen LogP contribution in [-0.4, -0.2) is 24.4 Å². The van der Waals surface area contributed by atoms with E-state index in [0.717, 1.165) is 25.8 Å². The Balaban J connectivity index is 2.30. The van der Waals surface area contributed by atoms with Gasteiger partial charge in [0, 0.05) is 32.4 Å². The fourth-order valence-electron chi connectivity index (χ4n) is 2.02. The third kappa shape index (κ3) is 3.89. The van der Waals surface area contributed by atoms with Crippen LogP contribution in [0, 0.1) is 29.6 Å². The average molecular weight is 221 g/mol. The molecule has 1 aliphatic carbocycles. The van der Waals surface area contributed by atoms with Crippen molar-refractivity contribution in [2.24, 2.45) is 17.8 Å². The van der Waals surface area contributed by atoms with Crippen LogP contribution in [0.3, 0.4) is 0 Å². The molecule has 2 heteroatoms. The van der Waals surface area contributed by atoms with Crippen LogP contribution in [-0.2, 0) is 4.79 Å². The summed E-state index contributed by atoms with van der Waals surface area (Å²) in [6.07, 6.45) is 2.86. The molecule has 2 unspecified atom stereocenters. The summed E-state index contributed by atoms with van der Waals surface area (Å²) in [5.74, 6) is 7.86. The van der Waals surface area contributed by atoms with Gasteiger partial charge in [0.15, 0.2) is 0 Å². The highest BCUT2D eigenvalue weighted by Crippen LogP contribution is 2.42. The predicted octanol–water partition coefficient (Wildman–Crippen LogP) is 2.54. The van der Waals surface area contributed by atoms with E-state index >= 15 is 0 Å². The SMILES string of the molecule is CCC#CCC1CC1C(=O)N(C)CC(C)C. The van der Waals surface area contributed by atoms with Gasteiger partial charge in [-0.2, -0.15) is 0 Å². The van der Waals surface area contributed by atoms with E-state index in [1.54, 1.807) is 0 Å². The average Bonchev–Trinajstić information content (AvgIpc) is 2.95. The molecule has 0 aliphatic heterocycles. The standard InChI is InChI=1S/C14H23NO/c1-5-6-7-8-12-9-13(12)14(16)15(4)10-11(2)3/h11-13H,5,8-10H2,1-4H3. The third-order valence-electron chi connectivity index (χ3n) is 2.92. The zero-order chi connectivity index (χ0) is 12.1. The van der Waals surface area contributed by atoms with Crippen LogP contribution < -0.4 is 0 Å². The van der Waals surface area contributed by atoms with E-state index in [9.17, 15) is 4.79 Å². The van der Waals surface area contributed by atoms with Gasteiger partial charge in [-0.1, -0.05) is 20.8 Å². The molecule has 16 heavy (non-hydrogen) atoms. The van der Waals surface area contributed by atoms with Crippen LogP contribution in [0.15, 0.2) is 0 Å². The van der Waals surface area contributed by atoms with E-state index in [-0.39, 0.29) is 5.92 Å². The van der Waals surface area contributed by atoms with E-state index in [0.29, 0.717) is 17.7 Å². The van der Waals surface area contributed by atoms with Gasteiger partial charge in [0.1, 0.15) is 0 Å². The summed E-state index contributed by atoms with van der Waals surface area (Å²) in [5, 5.41) is 0. The van der Waals surface area contributed by atoms with E-state index in [1.165, 1.54) is 0 Å². The van der Waals surface area contributed by atoms with Gasteiger partial charge in [-0.3, -0.25) is 4.79 Å². The predicted molar refractivity (Wildman–Crippen MR) is 66.8 cm³/mol. The Bertz CT molecular complexity index is 298. The van der Waals surface area contributed by atoms with Gasteiger partial charge in [0.05, 0.1) is 0 Å². The topological polar surface area (TPSA) is 20.3 Å². The second-order valence-electron chi connectivity index (χ2n) is 5.13. The van der Waals surface area contributed by atoms with Crippen molar-refractivity contribution in [1.82, 2.24) is 4.90 Å². The first-order chi connectivity index (χ1) is 7.56. The zero-order valence-electron chi connectivity index (χ0n) is 10.9. The minimum absolute atomic E-state index is 0.259. The first-order valence-corrected chi connectivity index (χ1v) is 6.27. The van der Waals surface area contributed by atoms with Crippen molar-refractivity contribution in [1.29, 1.82) is 0 Å². The van der Waals surface area contributed by atoms with Gasteiger partial charge in [-0.15, -0.1) is 11.8 Å². The normalized spacial score (nSPS) is 22.6. The molecule has 1 amide bonds. The van der Waals surface area contributed by atoms with Crippen LogP contribution in [0.2, 0.25) is 0 Å². The Morgan fingerprint density at radius 3 is 2.69 bits per heavy atom. The number of rotatable bonds is 4. The van der Waals surface area contributed by atoms with Gasteiger partial charge in [-0.05, 0) is 18.3 Å². The van der Waals surface area contributed by atoms with Crippen LogP contribution in [0.1, 0.15) is 40.0 Å². The Morgan fingerprint density at radius 1 is 1.44 bits per heavy atom. The molecule has 0 spiro atoms.